The lowest BCUT2D eigenvalue weighted by Crippen LogP contribution is -2.15. The number of azo groups is 1. The first-order valence-electron chi connectivity index (χ1n) is 10.2. The second kappa shape index (κ2) is 12.5. The van der Waals surface area contributed by atoms with Crippen LogP contribution in [0.15, 0.2) is 68.6 Å². The van der Waals surface area contributed by atoms with Gasteiger partial charge in [-0.3, -0.25) is 9.11 Å². The molecule has 5 N–H and O–H groups in total. The summed E-state index contributed by atoms with van der Waals surface area (Å²) in [7, 11) is -13.6. The van der Waals surface area contributed by atoms with Gasteiger partial charge in [-0.1, -0.05) is 23.2 Å². The molecule has 3 rings (SSSR count). The van der Waals surface area contributed by atoms with Crippen LogP contribution in [0.2, 0.25) is 0 Å². The molecule has 0 saturated heterocycles. The Labute approximate surface area is 225 Å². The molecule has 3 aromatic rings. The zero-order chi connectivity index (χ0) is 28.8. The molecule has 0 unspecified atom stereocenters. The van der Waals surface area contributed by atoms with E-state index in [1.54, 1.807) is 0 Å². The Kier molecular flexibility index (Phi) is 9.82. The van der Waals surface area contributed by atoms with Crippen molar-refractivity contribution in [1.82, 2.24) is 0 Å². The van der Waals surface area contributed by atoms with Gasteiger partial charge in [-0.15, -0.1) is 14.6 Å². The Hall–Kier alpha value is -2.92. The highest BCUT2D eigenvalue weighted by Crippen LogP contribution is 2.42. The highest BCUT2D eigenvalue weighted by molar-refractivity contribution is 7.94. The molecule has 0 atom stereocenters. The molecule has 212 valence electrons. The molecule has 0 fully saturated rings. The molecule has 0 bridgehead atoms. The van der Waals surface area contributed by atoms with Crippen molar-refractivity contribution in [2.45, 2.75) is 9.79 Å². The summed E-state index contributed by atoms with van der Waals surface area (Å²) in [6, 6.07) is 10.7. The fraction of sp³-hybridized carbons (Fsp3) is 0.158. The lowest BCUT2D eigenvalue weighted by Gasteiger charge is -2.13. The first kappa shape index (κ1) is 30.6. The van der Waals surface area contributed by atoms with Crippen LogP contribution in [0.3, 0.4) is 0 Å². The van der Waals surface area contributed by atoms with Crippen molar-refractivity contribution in [2.24, 2.45) is 10.2 Å². The van der Waals surface area contributed by atoms with Crippen LogP contribution in [0.1, 0.15) is 0 Å². The molecular weight excluding hydrogens is 606 g/mol. The summed E-state index contributed by atoms with van der Waals surface area (Å²) in [6.07, 6.45) is 0. The van der Waals surface area contributed by atoms with Gasteiger partial charge in [0.15, 0.2) is 9.84 Å². The van der Waals surface area contributed by atoms with Crippen LogP contribution in [0.5, 0.6) is 5.75 Å². The predicted octanol–water partition coefficient (Wildman–Crippen LogP) is 3.24. The van der Waals surface area contributed by atoms with Gasteiger partial charge in [0.25, 0.3) is 10.1 Å². The summed E-state index contributed by atoms with van der Waals surface area (Å²) in [5, 5.41) is 33.4. The molecule has 0 spiro atoms. The Morgan fingerprint density at radius 3 is 2.33 bits per heavy atom. The minimum atomic E-state index is -4.87. The largest absolute Gasteiger partial charge is 0.507 e. The molecule has 0 aromatic heterocycles. The quantitative estimate of drug-likeness (QED) is 0.0601. The van der Waals surface area contributed by atoms with Gasteiger partial charge in [0.05, 0.1) is 40.4 Å². The van der Waals surface area contributed by atoms with Crippen molar-refractivity contribution in [3.05, 3.63) is 48.5 Å². The Morgan fingerprint density at radius 2 is 1.67 bits per heavy atom. The van der Waals surface area contributed by atoms with Gasteiger partial charge in [-0.05, 0) is 35.7 Å². The SMILES string of the molecule is O=S(=O)(O)CNc1ccc2cc(SOOO)cc(O)c2c1N=Nc1ccccc1S(=O)(=O)CCOS(=O)(=O)O. The van der Waals surface area contributed by atoms with E-state index in [4.69, 9.17) is 14.4 Å². The summed E-state index contributed by atoms with van der Waals surface area (Å²) < 4.78 is 95.8. The van der Waals surface area contributed by atoms with Crippen LogP contribution in [-0.4, -0.2) is 63.0 Å². The lowest BCUT2D eigenvalue weighted by molar-refractivity contribution is -0.432. The van der Waals surface area contributed by atoms with Gasteiger partial charge in [-0.25, -0.2) is 17.9 Å². The fourth-order valence-corrected chi connectivity index (χ4v) is 5.60. The summed E-state index contributed by atoms with van der Waals surface area (Å²) >= 11 is 0.551. The first-order valence-corrected chi connectivity index (χ1v) is 15.6. The maximum Gasteiger partial charge on any atom is 0.397 e. The van der Waals surface area contributed by atoms with E-state index in [0.29, 0.717) is 17.4 Å². The normalized spacial score (nSPS) is 12.8. The van der Waals surface area contributed by atoms with Crippen LogP contribution in [0, 0.1) is 0 Å². The lowest BCUT2D eigenvalue weighted by atomic mass is 10.1. The standard InChI is InChI=1S/C19H19N3O13S4/c23-16-10-13(36-35-34-24)9-12-5-6-15(20-11-38(27,28)29)19(18(12)16)22-21-14-3-1-2-4-17(14)37(25,26)8-7-33-39(30,31)32/h1-6,9-10,20,23-24H,7-8,11H2,(H,27,28,29)(H,30,31,32). The number of fused-ring (bicyclic) bond motifs is 1. The van der Waals surface area contributed by atoms with Crippen molar-refractivity contribution in [3.63, 3.8) is 0 Å². The Bertz CT molecular complexity index is 1710. The maximum absolute atomic E-state index is 12.8. The van der Waals surface area contributed by atoms with Crippen LogP contribution in [0.4, 0.5) is 17.1 Å². The van der Waals surface area contributed by atoms with Crippen LogP contribution in [-0.2, 0) is 43.9 Å². The van der Waals surface area contributed by atoms with Gasteiger partial charge in [0, 0.05) is 4.90 Å². The zero-order valence-electron chi connectivity index (χ0n) is 19.2. The third-order valence-corrected chi connectivity index (χ3v) is 7.94. The predicted molar refractivity (Wildman–Crippen MR) is 136 cm³/mol. The summed E-state index contributed by atoms with van der Waals surface area (Å²) in [5.74, 6) is -2.17. The molecule has 0 aliphatic heterocycles. The highest BCUT2D eigenvalue weighted by Gasteiger charge is 2.21. The number of hydrogen-bond acceptors (Lipinski definition) is 15. The summed E-state index contributed by atoms with van der Waals surface area (Å²) in [4.78, 5) is -0.0939. The molecule has 39 heavy (non-hydrogen) atoms. The maximum atomic E-state index is 12.8. The number of hydrogen-bond donors (Lipinski definition) is 5. The van der Waals surface area contributed by atoms with Gasteiger partial charge >= 0.3 is 10.4 Å². The minimum Gasteiger partial charge on any atom is -0.507 e. The molecule has 0 aliphatic carbocycles. The van der Waals surface area contributed by atoms with E-state index >= 15 is 0 Å². The van der Waals surface area contributed by atoms with Crippen LogP contribution >= 0.6 is 12.0 Å². The van der Waals surface area contributed by atoms with E-state index in [1.165, 1.54) is 48.5 Å². The number of anilines is 1. The average Bonchev–Trinajstić information content (AvgIpc) is 2.83. The Morgan fingerprint density at radius 1 is 0.949 bits per heavy atom. The molecule has 16 nitrogen and oxygen atoms in total. The van der Waals surface area contributed by atoms with E-state index < -0.39 is 54.3 Å². The van der Waals surface area contributed by atoms with Crippen molar-refractivity contribution < 1.29 is 58.3 Å². The van der Waals surface area contributed by atoms with Gasteiger partial charge in [-0.2, -0.15) is 16.8 Å². The number of sulfone groups is 1. The molecule has 0 saturated carbocycles. The monoisotopic (exact) mass is 625 g/mol. The number of aromatic hydroxyl groups is 1. The van der Waals surface area contributed by atoms with Crippen LogP contribution < -0.4 is 5.32 Å². The summed E-state index contributed by atoms with van der Waals surface area (Å²) in [6.45, 7) is -0.876. The summed E-state index contributed by atoms with van der Waals surface area (Å²) in [5.41, 5.74) is -0.370. The number of phenolic OH excluding ortho intramolecular Hbond substituents is 1. The average molecular weight is 626 g/mol. The fourth-order valence-electron chi connectivity index (χ4n) is 3.18. The smallest absolute Gasteiger partial charge is 0.397 e. The molecule has 3 aromatic carbocycles. The third kappa shape index (κ3) is 8.79. The number of nitrogens with one attached hydrogen (secondary N) is 1. The molecular formula is C19H19N3O13S4. The number of benzene rings is 3. The topological polar surface area (TPSA) is 248 Å². The third-order valence-electron chi connectivity index (χ3n) is 4.69. The van der Waals surface area contributed by atoms with Gasteiger partial charge in [0.1, 0.15) is 23.0 Å². The van der Waals surface area contributed by atoms with E-state index in [2.05, 4.69) is 29.1 Å². The molecule has 20 heteroatoms. The zero-order valence-corrected chi connectivity index (χ0v) is 22.5. The van der Waals surface area contributed by atoms with E-state index in [-0.39, 0.29) is 32.2 Å². The number of rotatable bonds is 13. The van der Waals surface area contributed by atoms with E-state index in [1.807, 2.05) is 0 Å². The Balaban J connectivity index is 2.09. The second-order valence-electron chi connectivity index (χ2n) is 7.37. The van der Waals surface area contributed by atoms with Crippen molar-refractivity contribution >= 4 is 70.2 Å². The molecule has 0 aliphatic rings. The highest BCUT2D eigenvalue weighted by atomic mass is 32.3. The van der Waals surface area contributed by atoms with Crippen molar-refractivity contribution in [1.29, 1.82) is 0 Å². The van der Waals surface area contributed by atoms with E-state index in [0.717, 1.165) is 0 Å². The van der Waals surface area contributed by atoms with Crippen LogP contribution in [0.25, 0.3) is 10.8 Å². The van der Waals surface area contributed by atoms with E-state index in [9.17, 15) is 30.4 Å². The second-order valence-corrected chi connectivity index (χ2v) is 12.8. The number of nitrogens with zero attached hydrogens (tertiary/aromatic N) is 2. The molecule has 0 radical (unpaired) electrons. The first-order chi connectivity index (χ1) is 18.2. The van der Waals surface area contributed by atoms with Crippen molar-refractivity contribution in [2.75, 3.05) is 23.6 Å². The van der Waals surface area contributed by atoms with Gasteiger partial charge < -0.3 is 10.4 Å². The molecule has 0 amide bonds. The van der Waals surface area contributed by atoms with Gasteiger partial charge in [0.2, 0.25) is 0 Å². The molecule has 0 heterocycles. The van der Waals surface area contributed by atoms with Crippen molar-refractivity contribution in [3.8, 4) is 5.75 Å². The number of phenols is 1. The minimum absolute atomic E-state index is 0.0172.